The van der Waals surface area contributed by atoms with Crippen LogP contribution in [-0.4, -0.2) is 0 Å². The summed E-state index contributed by atoms with van der Waals surface area (Å²) in [4.78, 5) is 0. The zero-order valence-electron chi connectivity index (χ0n) is 7.97. The standard InChI is InChI=1S/C12H18/c1-3-5-11-7-9-12(6-4-2)10-8-11/h3-4,11H,1,5,7-10H2,2H3. The van der Waals surface area contributed by atoms with E-state index in [4.69, 9.17) is 0 Å². The van der Waals surface area contributed by atoms with Gasteiger partial charge in [-0.05, 0) is 56.6 Å². The highest BCUT2D eigenvalue weighted by Crippen LogP contribution is 2.29. The first-order valence-corrected chi connectivity index (χ1v) is 4.86. The fourth-order valence-electron chi connectivity index (χ4n) is 1.85. The number of hydrogen-bond donors (Lipinski definition) is 0. The van der Waals surface area contributed by atoms with Crippen LogP contribution in [-0.2, 0) is 0 Å². The van der Waals surface area contributed by atoms with Crippen molar-refractivity contribution in [1.82, 2.24) is 0 Å². The summed E-state index contributed by atoms with van der Waals surface area (Å²) in [5, 5.41) is 0. The lowest BCUT2D eigenvalue weighted by Gasteiger charge is -2.21. The molecule has 0 aromatic heterocycles. The van der Waals surface area contributed by atoms with Crippen LogP contribution in [0.3, 0.4) is 0 Å². The quantitative estimate of drug-likeness (QED) is 0.427. The first-order valence-electron chi connectivity index (χ1n) is 4.86. The van der Waals surface area contributed by atoms with Gasteiger partial charge in [0.05, 0.1) is 0 Å². The average molecular weight is 162 g/mol. The summed E-state index contributed by atoms with van der Waals surface area (Å²) in [6.45, 7) is 5.83. The van der Waals surface area contributed by atoms with Crippen LogP contribution in [0.5, 0.6) is 0 Å². The Hall–Kier alpha value is -0.740. The van der Waals surface area contributed by atoms with E-state index >= 15 is 0 Å². The molecule has 0 aromatic rings. The summed E-state index contributed by atoms with van der Waals surface area (Å²) in [6, 6.07) is 0. The Labute approximate surface area is 75.7 Å². The van der Waals surface area contributed by atoms with Gasteiger partial charge in [-0.1, -0.05) is 6.08 Å². The zero-order chi connectivity index (χ0) is 8.81. The molecule has 0 atom stereocenters. The highest BCUT2D eigenvalue weighted by molar-refractivity contribution is 5.04. The van der Waals surface area contributed by atoms with Crippen LogP contribution in [0.25, 0.3) is 0 Å². The summed E-state index contributed by atoms with van der Waals surface area (Å²) < 4.78 is 0. The van der Waals surface area contributed by atoms with Gasteiger partial charge in [0.2, 0.25) is 0 Å². The molecule has 0 aliphatic heterocycles. The maximum Gasteiger partial charge on any atom is -0.0241 e. The smallest absolute Gasteiger partial charge is 0.0241 e. The predicted octanol–water partition coefficient (Wildman–Crippen LogP) is 3.85. The Kier molecular flexibility index (Phi) is 3.90. The van der Waals surface area contributed by atoms with E-state index in [1.54, 1.807) is 0 Å². The SMILES string of the molecule is C=CCC1CCC(=C=CC)CC1. The Morgan fingerprint density at radius 2 is 2.17 bits per heavy atom. The summed E-state index contributed by atoms with van der Waals surface area (Å²) in [7, 11) is 0. The maximum atomic E-state index is 3.78. The Balaban J connectivity index is 2.39. The van der Waals surface area contributed by atoms with E-state index in [1.165, 1.54) is 37.7 Å². The Morgan fingerprint density at radius 1 is 1.50 bits per heavy atom. The van der Waals surface area contributed by atoms with Crippen molar-refractivity contribution in [2.24, 2.45) is 5.92 Å². The molecule has 0 heterocycles. The van der Waals surface area contributed by atoms with Gasteiger partial charge in [-0.25, -0.2) is 0 Å². The predicted molar refractivity (Wildman–Crippen MR) is 54.0 cm³/mol. The van der Waals surface area contributed by atoms with Crippen molar-refractivity contribution in [3.8, 4) is 0 Å². The second-order valence-electron chi connectivity index (χ2n) is 3.50. The third-order valence-corrected chi connectivity index (χ3v) is 2.56. The molecule has 1 aliphatic carbocycles. The van der Waals surface area contributed by atoms with Gasteiger partial charge in [0, 0.05) is 0 Å². The van der Waals surface area contributed by atoms with Crippen LogP contribution < -0.4 is 0 Å². The van der Waals surface area contributed by atoms with Gasteiger partial charge in [-0.15, -0.1) is 12.3 Å². The van der Waals surface area contributed by atoms with Crippen molar-refractivity contribution in [3.05, 3.63) is 30.0 Å². The topological polar surface area (TPSA) is 0 Å². The lowest BCUT2D eigenvalue weighted by molar-refractivity contribution is 0.414. The normalized spacial score (nSPS) is 23.1. The van der Waals surface area contributed by atoms with Crippen molar-refractivity contribution in [2.45, 2.75) is 39.0 Å². The molecule has 0 nitrogen and oxygen atoms in total. The van der Waals surface area contributed by atoms with Crippen molar-refractivity contribution in [1.29, 1.82) is 0 Å². The van der Waals surface area contributed by atoms with Gasteiger partial charge >= 0.3 is 0 Å². The molecule has 0 heteroatoms. The molecule has 0 aromatic carbocycles. The average Bonchev–Trinajstić information content (AvgIpc) is 2.09. The molecule has 0 N–H and O–H groups in total. The van der Waals surface area contributed by atoms with Gasteiger partial charge in [-0.3, -0.25) is 0 Å². The highest BCUT2D eigenvalue weighted by Gasteiger charge is 2.14. The van der Waals surface area contributed by atoms with E-state index in [0.29, 0.717) is 0 Å². The van der Waals surface area contributed by atoms with E-state index in [0.717, 1.165) is 5.92 Å². The molecule has 1 aliphatic rings. The maximum absolute atomic E-state index is 3.78. The highest BCUT2D eigenvalue weighted by atomic mass is 14.2. The Bertz CT molecular complexity index is 194. The summed E-state index contributed by atoms with van der Waals surface area (Å²) in [5.74, 6) is 0.893. The fourth-order valence-corrected chi connectivity index (χ4v) is 1.85. The molecule has 0 bridgehead atoms. The van der Waals surface area contributed by atoms with Gasteiger partial charge in [0.25, 0.3) is 0 Å². The van der Waals surface area contributed by atoms with Gasteiger partial charge in [0.15, 0.2) is 0 Å². The summed E-state index contributed by atoms with van der Waals surface area (Å²) >= 11 is 0. The monoisotopic (exact) mass is 162 g/mol. The molecule has 1 fully saturated rings. The molecule has 1 rings (SSSR count). The summed E-state index contributed by atoms with van der Waals surface area (Å²) in [5.41, 5.74) is 4.82. The van der Waals surface area contributed by atoms with Gasteiger partial charge in [-0.2, -0.15) is 0 Å². The molecular weight excluding hydrogens is 144 g/mol. The van der Waals surface area contributed by atoms with E-state index in [1.807, 2.05) is 13.0 Å². The summed E-state index contributed by atoms with van der Waals surface area (Å²) in [6.07, 6.45) is 10.5. The van der Waals surface area contributed by atoms with E-state index in [2.05, 4.69) is 18.4 Å². The molecule has 12 heavy (non-hydrogen) atoms. The molecule has 0 saturated heterocycles. The molecule has 1 saturated carbocycles. The van der Waals surface area contributed by atoms with Crippen LogP contribution in [0.2, 0.25) is 0 Å². The second-order valence-corrected chi connectivity index (χ2v) is 3.50. The van der Waals surface area contributed by atoms with Crippen LogP contribution in [0.4, 0.5) is 0 Å². The van der Waals surface area contributed by atoms with Crippen molar-refractivity contribution >= 4 is 0 Å². The molecule has 0 radical (unpaired) electrons. The van der Waals surface area contributed by atoms with Crippen molar-refractivity contribution in [3.63, 3.8) is 0 Å². The minimum atomic E-state index is 0.893. The van der Waals surface area contributed by atoms with Gasteiger partial charge in [0.1, 0.15) is 0 Å². The molecule has 0 unspecified atom stereocenters. The van der Waals surface area contributed by atoms with Gasteiger partial charge < -0.3 is 0 Å². The van der Waals surface area contributed by atoms with Crippen molar-refractivity contribution < 1.29 is 0 Å². The zero-order valence-corrected chi connectivity index (χ0v) is 7.97. The molecule has 66 valence electrons. The van der Waals surface area contributed by atoms with Crippen LogP contribution in [0, 0.1) is 5.92 Å². The first-order chi connectivity index (χ1) is 5.86. The first kappa shape index (κ1) is 9.35. The fraction of sp³-hybridized carbons (Fsp3) is 0.583. The number of hydrogen-bond acceptors (Lipinski definition) is 0. The van der Waals surface area contributed by atoms with Crippen molar-refractivity contribution in [2.75, 3.05) is 0 Å². The van der Waals surface area contributed by atoms with E-state index in [9.17, 15) is 0 Å². The largest absolute Gasteiger partial charge is 0.126 e. The minimum absolute atomic E-state index is 0.893. The number of allylic oxidation sites excluding steroid dienone is 2. The minimum Gasteiger partial charge on any atom is -0.126 e. The third kappa shape index (κ3) is 2.71. The van der Waals surface area contributed by atoms with Crippen LogP contribution in [0.15, 0.2) is 30.0 Å². The third-order valence-electron chi connectivity index (χ3n) is 2.56. The van der Waals surface area contributed by atoms with Crippen LogP contribution >= 0.6 is 0 Å². The number of rotatable bonds is 2. The second kappa shape index (κ2) is 5.00. The lowest BCUT2D eigenvalue weighted by atomic mass is 9.84. The molecular formula is C12H18. The molecule has 0 spiro atoms. The lowest BCUT2D eigenvalue weighted by Crippen LogP contribution is -2.06. The Morgan fingerprint density at radius 3 is 2.67 bits per heavy atom. The van der Waals surface area contributed by atoms with E-state index in [-0.39, 0.29) is 0 Å². The van der Waals surface area contributed by atoms with E-state index < -0.39 is 0 Å². The van der Waals surface area contributed by atoms with Crippen LogP contribution in [0.1, 0.15) is 39.0 Å². The molecule has 0 amide bonds.